The molecule has 0 aliphatic heterocycles. The van der Waals surface area contributed by atoms with Gasteiger partial charge in [0.05, 0.1) is 6.04 Å². The third-order valence-corrected chi connectivity index (χ3v) is 1.99. The largest absolute Gasteiger partial charge is 0.320 e. The van der Waals surface area contributed by atoms with Crippen LogP contribution in [0.15, 0.2) is 24.3 Å². The van der Waals surface area contributed by atoms with Crippen LogP contribution in [0, 0.1) is 6.92 Å². The van der Waals surface area contributed by atoms with Gasteiger partial charge >= 0.3 is 0 Å². The van der Waals surface area contributed by atoms with Gasteiger partial charge in [0, 0.05) is 5.56 Å². The first-order chi connectivity index (χ1) is 7.50. The lowest BCUT2D eigenvalue weighted by Crippen LogP contribution is -2.48. The molecule has 1 aromatic rings. The summed E-state index contributed by atoms with van der Waals surface area (Å²) in [6.45, 7) is 3.42. The van der Waals surface area contributed by atoms with Gasteiger partial charge in [-0.25, -0.2) is 0 Å². The van der Waals surface area contributed by atoms with E-state index in [0.717, 1.165) is 5.56 Å². The molecule has 16 heavy (non-hydrogen) atoms. The van der Waals surface area contributed by atoms with Crippen LogP contribution in [0.5, 0.6) is 0 Å². The molecule has 4 N–H and O–H groups in total. The van der Waals surface area contributed by atoms with Crippen molar-refractivity contribution in [3.63, 3.8) is 0 Å². The number of hydrogen-bond acceptors (Lipinski definition) is 3. The Kier molecular flexibility index (Phi) is 4.02. The van der Waals surface area contributed by atoms with Gasteiger partial charge in [0.25, 0.3) is 11.8 Å². The Morgan fingerprint density at radius 1 is 1.31 bits per heavy atom. The fourth-order valence-electron chi connectivity index (χ4n) is 1.09. The van der Waals surface area contributed by atoms with Crippen molar-refractivity contribution in [1.29, 1.82) is 0 Å². The number of carbonyl (C=O) groups excluding carboxylic acids is 2. The molecule has 0 fully saturated rings. The number of hydrazine groups is 1. The van der Waals surface area contributed by atoms with Crippen molar-refractivity contribution in [3.8, 4) is 0 Å². The van der Waals surface area contributed by atoms with Crippen LogP contribution in [0.3, 0.4) is 0 Å². The summed E-state index contributed by atoms with van der Waals surface area (Å²) in [5, 5.41) is 0. The molecule has 86 valence electrons. The van der Waals surface area contributed by atoms with Crippen LogP contribution in [-0.4, -0.2) is 17.9 Å². The molecule has 5 nitrogen and oxygen atoms in total. The zero-order valence-corrected chi connectivity index (χ0v) is 9.28. The average molecular weight is 221 g/mol. The Morgan fingerprint density at radius 2 is 2.00 bits per heavy atom. The molecule has 2 amide bonds. The summed E-state index contributed by atoms with van der Waals surface area (Å²) < 4.78 is 0. The molecule has 1 unspecified atom stereocenters. The summed E-state index contributed by atoms with van der Waals surface area (Å²) in [6.07, 6.45) is 0. The Bertz CT molecular complexity index is 402. The minimum atomic E-state index is -0.655. The summed E-state index contributed by atoms with van der Waals surface area (Å²) in [7, 11) is 0. The van der Waals surface area contributed by atoms with E-state index in [0.29, 0.717) is 5.56 Å². The van der Waals surface area contributed by atoms with E-state index in [2.05, 4.69) is 10.9 Å². The van der Waals surface area contributed by atoms with E-state index in [1.54, 1.807) is 18.2 Å². The fourth-order valence-corrected chi connectivity index (χ4v) is 1.09. The van der Waals surface area contributed by atoms with Gasteiger partial charge in [-0.05, 0) is 26.0 Å². The molecular formula is C11H15N3O2. The van der Waals surface area contributed by atoms with Crippen molar-refractivity contribution in [2.75, 3.05) is 0 Å². The maximum atomic E-state index is 11.6. The zero-order chi connectivity index (χ0) is 12.1. The van der Waals surface area contributed by atoms with Crippen LogP contribution >= 0.6 is 0 Å². The Labute approximate surface area is 94.0 Å². The van der Waals surface area contributed by atoms with Crippen molar-refractivity contribution in [2.24, 2.45) is 5.73 Å². The molecule has 1 aromatic carbocycles. The van der Waals surface area contributed by atoms with E-state index in [1.807, 2.05) is 13.0 Å². The number of amides is 2. The maximum absolute atomic E-state index is 11.6. The van der Waals surface area contributed by atoms with Gasteiger partial charge in [-0.2, -0.15) is 0 Å². The Balaban J connectivity index is 2.57. The van der Waals surface area contributed by atoms with Crippen molar-refractivity contribution in [3.05, 3.63) is 35.4 Å². The van der Waals surface area contributed by atoms with Gasteiger partial charge in [0.1, 0.15) is 0 Å². The highest BCUT2D eigenvalue weighted by Crippen LogP contribution is 2.02. The molecule has 0 bridgehead atoms. The summed E-state index contributed by atoms with van der Waals surface area (Å²) in [4.78, 5) is 22.7. The molecule has 0 saturated heterocycles. The molecule has 1 rings (SSSR count). The molecule has 1 atom stereocenters. The summed E-state index contributed by atoms with van der Waals surface area (Å²) in [6, 6.07) is 6.40. The summed E-state index contributed by atoms with van der Waals surface area (Å²) >= 11 is 0. The van der Waals surface area contributed by atoms with Crippen LogP contribution in [0.2, 0.25) is 0 Å². The first-order valence-electron chi connectivity index (χ1n) is 4.93. The van der Waals surface area contributed by atoms with E-state index in [4.69, 9.17) is 5.73 Å². The minimum absolute atomic E-state index is 0.363. The van der Waals surface area contributed by atoms with Crippen molar-refractivity contribution >= 4 is 11.8 Å². The van der Waals surface area contributed by atoms with Crippen molar-refractivity contribution < 1.29 is 9.59 Å². The van der Waals surface area contributed by atoms with E-state index < -0.39 is 11.9 Å². The predicted molar refractivity (Wildman–Crippen MR) is 60.4 cm³/mol. The van der Waals surface area contributed by atoms with E-state index >= 15 is 0 Å². The standard InChI is InChI=1S/C11H15N3O2/c1-7-4-3-5-9(6-7)11(16)14-13-10(15)8(2)12/h3-6,8H,12H2,1-2H3,(H,13,15)(H,14,16). The van der Waals surface area contributed by atoms with Crippen LogP contribution in [0.1, 0.15) is 22.8 Å². The van der Waals surface area contributed by atoms with Gasteiger partial charge in [-0.1, -0.05) is 17.7 Å². The minimum Gasteiger partial charge on any atom is -0.320 e. The second-order valence-electron chi connectivity index (χ2n) is 3.60. The Morgan fingerprint density at radius 3 is 2.56 bits per heavy atom. The van der Waals surface area contributed by atoms with Crippen LogP contribution < -0.4 is 16.6 Å². The van der Waals surface area contributed by atoms with Gasteiger partial charge in [0.2, 0.25) is 0 Å². The maximum Gasteiger partial charge on any atom is 0.269 e. The van der Waals surface area contributed by atoms with Crippen molar-refractivity contribution in [2.45, 2.75) is 19.9 Å². The number of aryl methyl sites for hydroxylation is 1. The normalized spacial score (nSPS) is 11.7. The van der Waals surface area contributed by atoms with Gasteiger partial charge < -0.3 is 5.73 Å². The molecule has 0 radical (unpaired) electrons. The highest BCUT2D eigenvalue weighted by molar-refractivity contribution is 5.95. The Hall–Kier alpha value is -1.88. The van der Waals surface area contributed by atoms with E-state index in [-0.39, 0.29) is 5.91 Å². The van der Waals surface area contributed by atoms with Gasteiger partial charge in [-0.3, -0.25) is 20.4 Å². The number of hydrogen-bond donors (Lipinski definition) is 3. The molecule has 0 aromatic heterocycles. The average Bonchev–Trinajstić information content (AvgIpc) is 2.25. The monoisotopic (exact) mass is 221 g/mol. The number of benzene rings is 1. The van der Waals surface area contributed by atoms with Crippen LogP contribution in [0.4, 0.5) is 0 Å². The number of rotatable bonds is 2. The lowest BCUT2D eigenvalue weighted by Gasteiger charge is -2.09. The number of carbonyl (C=O) groups is 2. The number of nitrogens with one attached hydrogen (secondary N) is 2. The zero-order valence-electron chi connectivity index (χ0n) is 9.28. The van der Waals surface area contributed by atoms with E-state index in [9.17, 15) is 9.59 Å². The number of nitrogens with two attached hydrogens (primary N) is 1. The molecule has 0 saturated carbocycles. The van der Waals surface area contributed by atoms with Crippen LogP contribution in [-0.2, 0) is 4.79 Å². The second kappa shape index (κ2) is 5.27. The highest BCUT2D eigenvalue weighted by atomic mass is 16.2. The van der Waals surface area contributed by atoms with Crippen LogP contribution in [0.25, 0.3) is 0 Å². The molecule has 0 spiro atoms. The SMILES string of the molecule is Cc1cccc(C(=O)NNC(=O)C(C)N)c1. The highest BCUT2D eigenvalue weighted by Gasteiger charge is 2.09. The lowest BCUT2D eigenvalue weighted by molar-refractivity contribution is -0.122. The summed E-state index contributed by atoms with van der Waals surface area (Å²) in [5.74, 6) is -0.793. The smallest absolute Gasteiger partial charge is 0.269 e. The fraction of sp³-hybridized carbons (Fsp3) is 0.273. The summed E-state index contributed by atoms with van der Waals surface area (Å²) in [5.41, 5.74) is 11.3. The van der Waals surface area contributed by atoms with Gasteiger partial charge in [0.15, 0.2) is 0 Å². The van der Waals surface area contributed by atoms with Gasteiger partial charge in [-0.15, -0.1) is 0 Å². The second-order valence-corrected chi connectivity index (χ2v) is 3.60. The topological polar surface area (TPSA) is 84.2 Å². The lowest BCUT2D eigenvalue weighted by atomic mass is 10.1. The molecule has 0 aliphatic carbocycles. The molecular weight excluding hydrogens is 206 g/mol. The first kappa shape index (κ1) is 12.2. The van der Waals surface area contributed by atoms with Crippen molar-refractivity contribution in [1.82, 2.24) is 10.9 Å². The molecule has 0 aliphatic rings. The van der Waals surface area contributed by atoms with E-state index in [1.165, 1.54) is 6.92 Å². The quantitative estimate of drug-likeness (QED) is 0.619. The molecule has 0 heterocycles. The molecule has 5 heteroatoms. The predicted octanol–water partition coefficient (Wildman–Crippen LogP) is 0.103. The third-order valence-electron chi connectivity index (χ3n) is 1.99. The first-order valence-corrected chi connectivity index (χ1v) is 4.93. The third kappa shape index (κ3) is 3.36.